The number of rotatable bonds is 1. The van der Waals surface area contributed by atoms with E-state index in [0.717, 1.165) is 12.8 Å². The zero-order chi connectivity index (χ0) is 7.72. The van der Waals surface area contributed by atoms with Crippen molar-refractivity contribution in [2.75, 3.05) is 7.05 Å². The maximum atomic E-state index is 10.7. The Morgan fingerprint density at radius 1 is 1.60 bits per heavy atom. The maximum Gasteiger partial charge on any atom is 0.234 e. The van der Waals surface area contributed by atoms with Crippen LogP contribution in [0.1, 0.15) is 19.8 Å². The van der Waals surface area contributed by atoms with Gasteiger partial charge in [-0.2, -0.15) is 0 Å². The molecule has 2 N–H and O–H groups in total. The highest BCUT2D eigenvalue weighted by molar-refractivity contribution is 5.80. The van der Waals surface area contributed by atoms with Gasteiger partial charge in [-0.3, -0.25) is 9.69 Å². The van der Waals surface area contributed by atoms with Crippen molar-refractivity contribution in [2.24, 2.45) is 5.73 Å². The Morgan fingerprint density at radius 3 is 2.40 bits per heavy atom. The van der Waals surface area contributed by atoms with E-state index >= 15 is 0 Å². The monoisotopic (exact) mass is 142 g/mol. The Hall–Kier alpha value is -0.570. The van der Waals surface area contributed by atoms with Crippen LogP contribution in [0.5, 0.6) is 0 Å². The predicted molar refractivity (Wildman–Crippen MR) is 39.4 cm³/mol. The Morgan fingerprint density at radius 2 is 2.20 bits per heavy atom. The fraction of sp³-hybridized carbons (Fsp3) is 0.857. The molecule has 0 aliphatic carbocycles. The molecule has 1 saturated heterocycles. The molecule has 1 heterocycles. The molecule has 3 heteroatoms. The number of hydrogen-bond donors (Lipinski definition) is 1. The van der Waals surface area contributed by atoms with E-state index in [2.05, 4.69) is 6.92 Å². The minimum absolute atomic E-state index is 0.0185. The number of primary amides is 1. The molecule has 3 nitrogen and oxygen atoms in total. The van der Waals surface area contributed by atoms with Crippen LogP contribution in [0.4, 0.5) is 0 Å². The molecule has 1 aliphatic rings. The molecule has 1 aliphatic heterocycles. The highest BCUT2D eigenvalue weighted by atomic mass is 16.1. The van der Waals surface area contributed by atoms with Crippen molar-refractivity contribution < 1.29 is 4.79 Å². The summed E-state index contributed by atoms with van der Waals surface area (Å²) in [4.78, 5) is 12.8. The van der Waals surface area contributed by atoms with Gasteiger partial charge in [0.25, 0.3) is 0 Å². The summed E-state index contributed by atoms with van der Waals surface area (Å²) in [6.45, 7) is 2.11. The van der Waals surface area contributed by atoms with Gasteiger partial charge in [0.1, 0.15) is 0 Å². The molecule has 0 aromatic rings. The van der Waals surface area contributed by atoms with Crippen LogP contribution in [-0.4, -0.2) is 29.9 Å². The lowest BCUT2D eigenvalue weighted by Crippen LogP contribution is -2.40. The van der Waals surface area contributed by atoms with Crippen molar-refractivity contribution in [3.05, 3.63) is 0 Å². The molecule has 1 rings (SSSR count). The van der Waals surface area contributed by atoms with Crippen LogP contribution in [0.15, 0.2) is 0 Å². The average Bonchev–Trinajstić information content (AvgIpc) is 2.14. The highest BCUT2D eigenvalue weighted by Gasteiger charge is 2.30. The summed E-state index contributed by atoms with van der Waals surface area (Å²) < 4.78 is 0. The number of carbonyl (C=O) groups is 1. The molecular weight excluding hydrogens is 128 g/mol. The molecule has 0 radical (unpaired) electrons. The van der Waals surface area contributed by atoms with Crippen LogP contribution >= 0.6 is 0 Å². The van der Waals surface area contributed by atoms with Crippen molar-refractivity contribution in [1.29, 1.82) is 0 Å². The maximum absolute atomic E-state index is 10.7. The fourth-order valence-corrected chi connectivity index (χ4v) is 1.46. The van der Waals surface area contributed by atoms with E-state index in [4.69, 9.17) is 5.73 Å². The second-order valence-corrected chi connectivity index (χ2v) is 3.01. The fourth-order valence-electron chi connectivity index (χ4n) is 1.46. The molecular formula is C7H14N2O. The molecule has 2 atom stereocenters. The zero-order valence-electron chi connectivity index (χ0n) is 6.50. The normalized spacial score (nSPS) is 34.6. The Labute approximate surface area is 61.2 Å². The predicted octanol–water partition coefficient (Wildman–Crippen LogP) is -0.0456. The van der Waals surface area contributed by atoms with E-state index in [-0.39, 0.29) is 11.9 Å². The van der Waals surface area contributed by atoms with E-state index in [9.17, 15) is 4.79 Å². The molecule has 0 aromatic carbocycles. The third-order valence-corrected chi connectivity index (χ3v) is 2.37. The first-order valence-corrected chi connectivity index (χ1v) is 3.64. The molecule has 1 amide bonds. The van der Waals surface area contributed by atoms with Gasteiger partial charge < -0.3 is 5.73 Å². The van der Waals surface area contributed by atoms with Crippen LogP contribution in [0.2, 0.25) is 0 Å². The van der Waals surface area contributed by atoms with Crippen LogP contribution in [0.3, 0.4) is 0 Å². The van der Waals surface area contributed by atoms with Crippen LogP contribution in [0, 0.1) is 0 Å². The number of likely N-dealkylation sites (tertiary alicyclic amines) is 1. The standard InChI is InChI=1S/C7H14N2O/c1-5-3-4-6(7(8)10)9(5)2/h5-6H,3-4H2,1-2H3,(H2,8,10)/t5-,6-/m0/s1. The minimum atomic E-state index is -0.188. The third-order valence-electron chi connectivity index (χ3n) is 2.37. The van der Waals surface area contributed by atoms with Gasteiger partial charge in [0.05, 0.1) is 6.04 Å². The van der Waals surface area contributed by atoms with Crippen molar-refractivity contribution in [3.63, 3.8) is 0 Å². The number of hydrogen-bond acceptors (Lipinski definition) is 2. The minimum Gasteiger partial charge on any atom is -0.368 e. The largest absolute Gasteiger partial charge is 0.368 e. The Balaban J connectivity index is 2.57. The lowest BCUT2D eigenvalue weighted by Gasteiger charge is -2.19. The third kappa shape index (κ3) is 1.14. The average molecular weight is 142 g/mol. The molecule has 0 saturated carbocycles. The Kier molecular flexibility index (Phi) is 1.94. The topological polar surface area (TPSA) is 46.3 Å². The summed E-state index contributed by atoms with van der Waals surface area (Å²) in [5.74, 6) is -0.188. The van der Waals surface area contributed by atoms with E-state index in [1.54, 1.807) is 0 Å². The molecule has 10 heavy (non-hydrogen) atoms. The summed E-state index contributed by atoms with van der Waals surface area (Å²) in [6.07, 6.45) is 2.01. The summed E-state index contributed by atoms with van der Waals surface area (Å²) in [5, 5.41) is 0. The van der Waals surface area contributed by atoms with Crippen LogP contribution in [-0.2, 0) is 4.79 Å². The van der Waals surface area contributed by atoms with E-state index in [0.29, 0.717) is 6.04 Å². The summed E-state index contributed by atoms with van der Waals surface area (Å²) >= 11 is 0. The first-order chi connectivity index (χ1) is 4.63. The first kappa shape index (κ1) is 7.54. The molecule has 0 aromatic heterocycles. The SMILES string of the molecule is C[C@H]1CC[C@@H](C(N)=O)N1C. The van der Waals surface area contributed by atoms with Gasteiger partial charge in [-0.25, -0.2) is 0 Å². The summed E-state index contributed by atoms with van der Waals surface area (Å²) in [7, 11) is 1.95. The van der Waals surface area contributed by atoms with E-state index in [1.165, 1.54) is 0 Å². The number of amides is 1. The molecule has 0 unspecified atom stereocenters. The van der Waals surface area contributed by atoms with Gasteiger partial charge in [0.15, 0.2) is 0 Å². The van der Waals surface area contributed by atoms with Crippen molar-refractivity contribution >= 4 is 5.91 Å². The van der Waals surface area contributed by atoms with Gasteiger partial charge in [-0.05, 0) is 26.8 Å². The number of likely N-dealkylation sites (N-methyl/N-ethyl adjacent to an activating group) is 1. The van der Waals surface area contributed by atoms with Gasteiger partial charge in [-0.15, -0.1) is 0 Å². The number of nitrogens with zero attached hydrogens (tertiary/aromatic N) is 1. The quantitative estimate of drug-likeness (QED) is 0.558. The van der Waals surface area contributed by atoms with E-state index < -0.39 is 0 Å². The molecule has 58 valence electrons. The highest BCUT2D eigenvalue weighted by Crippen LogP contribution is 2.20. The second-order valence-electron chi connectivity index (χ2n) is 3.01. The summed E-state index contributed by atoms with van der Waals surface area (Å²) in [5.41, 5.74) is 5.17. The lowest BCUT2D eigenvalue weighted by atomic mass is 10.2. The zero-order valence-corrected chi connectivity index (χ0v) is 6.50. The smallest absolute Gasteiger partial charge is 0.234 e. The lowest BCUT2D eigenvalue weighted by molar-refractivity contribution is -0.122. The first-order valence-electron chi connectivity index (χ1n) is 3.64. The Bertz CT molecular complexity index is 147. The van der Waals surface area contributed by atoms with Crippen molar-refractivity contribution in [2.45, 2.75) is 31.8 Å². The molecule has 0 spiro atoms. The number of carbonyl (C=O) groups excluding carboxylic acids is 1. The summed E-state index contributed by atoms with van der Waals surface area (Å²) in [6, 6.07) is 0.493. The van der Waals surface area contributed by atoms with Crippen molar-refractivity contribution in [1.82, 2.24) is 4.90 Å². The van der Waals surface area contributed by atoms with Gasteiger partial charge in [-0.1, -0.05) is 0 Å². The van der Waals surface area contributed by atoms with Gasteiger partial charge >= 0.3 is 0 Å². The molecule has 0 bridgehead atoms. The number of nitrogens with two attached hydrogens (primary N) is 1. The van der Waals surface area contributed by atoms with Gasteiger partial charge in [0.2, 0.25) is 5.91 Å². The van der Waals surface area contributed by atoms with Gasteiger partial charge in [0, 0.05) is 6.04 Å². The molecule has 1 fully saturated rings. The van der Waals surface area contributed by atoms with Crippen LogP contribution in [0.25, 0.3) is 0 Å². The van der Waals surface area contributed by atoms with Crippen LogP contribution < -0.4 is 5.73 Å². The second kappa shape index (κ2) is 2.58. The van der Waals surface area contributed by atoms with E-state index in [1.807, 2.05) is 11.9 Å². The van der Waals surface area contributed by atoms with Crippen molar-refractivity contribution in [3.8, 4) is 0 Å².